The molecule has 5 heteroatoms. The number of aromatic nitrogens is 1. The molecule has 0 unspecified atom stereocenters. The molecule has 0 radical (unpaired) electrons. The predicted octanol–water partition coefficient (Wildman–Crippen LogP) is 3.51. The van der Waals surface area contributed by atoms with Gasteiger partial charge in [-0.3, -0.25) is 9.69 Å². The summed E-state index contributed by atoms with van der Waals surface area (Å²) in [5.74, 6) is -0.0781. The summed E-state index contributed by atoms with van der Waals surface area (Å²) < 4.78 is 0. The Hall–Kier alpha value is -1.72. The van der Waals surface area contributed by atoms with E-state index in [1.54, 1.807) is 0 Å². The van der Waals surface area contributed by atoms with Crippen molar-refractivity contribution in [2.24, 2.45) is 0 Å². The van der Waals surface area contributed by atoms with E-state index in [0.29, 0.717) is 5.13 Å². The minimum atomic E-state index is -0.0781. The first-order valence-electron chi connectivity index (χ1n) is 7.15. The van der Waals surface area contributed by atoms with Crippen molar-refractivity contribution in [3.05, 3.63) is 47.0 Å². The minimum Gasteiger partial charge on any atom is -0.302 e. The highest BCUT2D eigenvalue weighted by Gasteiger charge is 2.09. The van der Waals surface area contributed by atoms with Crippen LogP contribution in [-0.2, 0) is 17.9 Å². The molecule has 0 bridgehead atoms. The zero-order valence-corrected chi connectivity index (χ0v) is 13.3. The van der Waals surface area contributed by atoms with Crippen LogP contribution < -0.4 is 5.32 Å². The molecule has 1 N–H and O–H groups in total. The highest BCUT2D eigenvalue weighted by molar-refractivity contribution is 7.13. The molecule has 0 atom stereocenters. The van der Waals surface area contributed by atoms with Crippen molar-refractivity contribution in [2.45, 2.75) is 33.4 Å². The first kappa shape index (κ1) is 15.7. The molecule has 0 aliphatic carbocycles. The first-order valence-corrected chi connectivity index (χ1v) is 8.03. The SMILES string of the molecule is CCCN(Cc1ccccc1)Cc1csc(NC(C)=O)n1. The number of benzene rings is 1. The lowest BCUT2D eigenvalue weighted by Gasteiger charge is -2.20. The normalized spacial score (nSPS) is 10.8. The maximum atomic E-state index is 11.0. The van der Waals surface area contributed by atoms with Crippen LogP contribution in [0.1, 0.15) is 31.5 Å². The molecule has 0 spiro atoms. The Balaban J connectivity index is 1.98. The molecule has 2 rings (SSSR count). The van der Waals surface area contributed by atoms with Gasteiger partial charge in [-0.05, 0) is 18.5 Å². The quantitative estimate of drug-likeness (QED) is 0.851. The van der Waals surface area contributed by atoms with Gasteiger partial charge in [-0.25, -0.2) is 4.98 Å². The van der Waals surface area contributed by atoms with Gasteiger partial charge >= 0.3 is 0 Å². The molecule has 0 saturated carbocycles. The fourth-order valence-electron chi connectivity index (χ4n) is 2.19. The number of anilines is 1. The summed E-state index contributed by atoms with van der Waals surface area (Å²) >= 11 is 1.47. The molecular weight excluding hydrogens is 282 g/mol. The number of nitrogens with one attached hydrogen (secondary N) is 1. The van der Waals surface area contributed by atoms with E-state index in [2.05, 4.69) is 46.4 Å². The number of amides is 1. The standard InChI is InChI=1S/C16H21N3OS/c1-3-9-19(10-14-7-5-4-6-8-14)11-15-12-21-16(18-15)17-13(2)20/h4-8,12H,3,9-11H2,1-2H3,(H,17,18,20). The van der Waals surface area contributed by atoms with Crippen molar-refractivity contribution in [2.75, 3.05) is 11.9 Å². The lowest BCUT2D eigenvalue weighted by Crippen LogP contribution is -2.23. The van der Waals surface area contributed by atoms with Crippen molar-refractivity contribution < 1.29 is 4.79 Å². The molecule has 2 aromatic rings. The summed E-state index contributed by atoms with van der Waals surface area (Å²) in [6.07, 6.45) is 1.11. The average Bonchev–Trinajstić information content (AvgIpc) is 2.86. The van der Waals surface area contributed by atoms with Gasteiger partial charge in [-0.1, -0.05) is 37.3 Å². The van der Waals surface area contributed by atoms with E-state index in [-0.39, 0.29) is 5.91 Å². The molecule has 0 aliphatic rings. The van der Waals surface area contributed by atoms with Gasteiger partial charge in [0.25, 0.3) is 0 Å². The van der Waals surface area contributed by atoms with Gasteiger partial charge in [0.15, 0.2) is 5.13 Å². The van der Waals surface area contributed by atoms with Crippen LogP contribution in [0.5, 0.6) is 0 Å². The molecule has 0 fully saturated rings. The average molecular weight is 303 g/mol. The smallest absolute Gasteiger partial charge is 0.223 e. The second-order valence-corrected chi connectivity index (χ2v) is 5.88. The van der Waals surface area contributed by atoms with Gasteiger partial charge < -0.3 is 5.32 Å². The Bertz CT molecular complexity index is 568. The third-order valence-electron chi connectivity index (χ3n) is 3.01. The maximum absolute atomic E-state index is 11.0. The third-order valence-corrected chi connectivity index (χ3v) is 3.82. The molecule has 4 nitrogen and oxygen atoms in total. The number of hydrogen-bond donors (Lipinski definition) is 1. The van der Waals surface area contributed by atoms with Gasteiger partial charge in [-0.15, -0.1) is 11.3 Å². The van der Waals surface area contributed by atoms with Crippen molar-refractivity contribution in [3.8, 4) is 0 Å². The summed E-state index contributed by atoms with van der Waals surface area (Å²) in [5, 5.41) is 5.42. The largest absolute Gasteiger partial charge is 0.302 e. The van der Waals surface area contributed by atoms with Crippen molar-refractivity contribution in [3.63, 3.8) is 0 Å². The summed E-state index contributed by atoms with van der Waals surface area (Å²) in [6.45, 7) is 6.43. The molecule has 1 aromatic heterocycles. The second kappa shape index (κ2) is 7.90. The highest BCUT2D eigenvalue weighted by Crippen LogP contribution is 2.18. The Kier molecular flexibility index (Phi) is 5.90. The monoisotopic (exact) mass is 303 g/mol. The van der Waals surface area contributed by atoms with Gasteiger partial charge in [-0.2, -0.15) is 0 Å². The van der Waals surface area contributed by atoms with Gasteiger partial charge in [0.1, 0.15) is 0 Å². The van der Waals surface area contributed by atoms with Crippen molar-refractivity contribution in [1.82, 2.24) is 9.88 Å². The summed E-state index contributed by atoms with van der Waals surface area (Å²) in [5.41, 5.74) is 2.32. The van der Waals surface area contributed by atoms with E-state index in [4.69, 9.17) is 0 Å². The van der Waals surface area contributed by atoms with E-state index in [1.807, 2.05) is 11.4 Å². The first-order chi connectivity index (χ1) is 10.2. The predicted molar refractivity (Wildman–Crippen MR) is 87.3 cm³/mol. The topological polar surface area (TPSA) is 45.2 Å². The lowest BCUT2D eigenvalue weighted by molar-refractivity contribution is -0.114. The van der Waals surface area contributed by atoms with E-state index in [1.165, 1.54) is 23.8 Å². The fraction of sp³-hybridized carbons (Fsp3) is 0.375. The van der Waals surface area contributed by atoms with Crippen LogP contribution in [0.15, 0.2) is 35.7 Å². The molecule has 1 aromatic carbocycles. The van der Waals surface area contributed by atoms with E-state index in [9.17, 15) is 4.79 Å². The molecule has 0 saturated heterocycles. The van der Waals surface area contributed by atoms with Crippen LogP contribution in [0.3, 0.4) is 0 Å². The van der Waals surface area contributed by atoms with Gasteiger partial charge in [0, 0.05) is 25.4 Å². The van der Waals surface area contributed by atoms with E-state index in [0.717, 1.165) is 31.7 Å². The fourth-order valence-corrected chi connectivity index (χ4v) is 2.94. The van der Waals surface area contributed by atoms with Crippen LogP contribution in [0, 0.1) is 0 Å². The number of thiazole rings is 1. The second-order valence-electron chi connectivity index (χ2n) is 5.02. The summed E-state index contributed by atoms with van der Waals surface area (Å²) in [7, 11) is 0. The van der Waals surface area contributed by atoms with E-state index >= 15 is 0 Å². The minimum absolute atomic E-state index is 0.0781. The van der Waals surface area contributed by atoms with Gasteiger partial charge in [0.2, 0.25) is 5.91 Å². The van der Waals surface area contributed by atoms with Crippen LogP contribution in [-0.4, -0.2) is 22.3 Å². The zero-order valence-electron chi connectivity index (χ0n) is 12.5. The third kappa shape index (κ3) is 5.28. The van der Waals surface area contributed by atoms with Crippen LogP contribution in [0.4, 0.5) is 5.13 Å². The lowest BCUT2D eigenvalue weighted by atomic mass is 10.2. The number of hydrogen-bond acceptors (Lipinski definition) is 4. The van der Waals surface area contributed by atoms with Crippen molar-refractivity contribution >= 4 is 22.4 Å². The van der Waals surface area contributed by atoms with Crippen LogP contribution in [0.25, 0.3) is 0 Å². The molecule has 1 amide bonds. The maximum Gasteiger partial charge on any atom is 0.223 e. The number of carbonyl (C=O) groups excluding carboxylic acids is 1. The van der Waals surface area contributed by atoms with Crippen LogP contribution in [0.2, 0.25) is 0 Å². The Morgan fingerprint density at radius 1 is 1.29 bits per heavy atom. The molecular formula is C16H21N3OS. The Morgan fingerprint density at radius 3 is 2.71 bits per heavy atom. The number of nitrogens with zero attached hydrogens (tertiary/aromatic N) is 2. The highest BCUT2D eigenvalue weighted by atomic mass is 32.1. The molecule has 0 aliphatic heterocycles. The van der Waals surface area contributed by atoms with Crippen LogP contribution >= 0.6 is 11.3 Å². The summed E-state index contributed by atoms with van der Waals surface area (Å²) in [4.78, 5) is 17.9. The Morgan fingerprint density at radius 2 is 2.05 bits per heavy atom. The number of carbonyl (C=O) groups is 1. The van der Waals surface area contributed by atoms with Crippen molar-refractivity contribution in [1.29, 1.82) is 0 Å². The molecule has 1 heterocycles. The number of rotatable bonds is 7. The zero-order chi connectivity index (χ0) is 15.1. The van der Waals surface area contributed by atoms with Gasteiger partial charge in [0.05, 0.1) is 5.69 Å². The molecule has 21 heavy (non-hydrogen) atoms. The Labute approximate surface area is 129 Å². The summed E-state index contributed by atoms with van der Waals surface area (Å²) in [6, 6.07) is 10.5. The van der Waals surface area contributed by atoms with E-state index < -0.39 is 0 Å². The molecule has 112 valence electrons.